The van der Waals surface area contributed by atoms with E-state index in [9.17, 15) is 0 Å². The van der Waals surface area contributed by atoms with Crippen LogP contribution in [0.2, 0.25) is 0 Å². The fourth-order valence-corrected chi connectivity index (χ4v) is 2.54. The maximum Gasteiger partial charge on any atom is 0.0358 e. The van der Waals surface area contributed by atoms with Crippen LogP contribution in [0.1, 0.15) is 39.2 Å². The van der Waals surface area contributed by atoms with Gasteiger partial charge in [-0.15, -0.1) is 0 Å². The summed E-state index contributed by atoms with van der Waals surface area (Å²) in [5.41, 5.74) is 0. The number of rotatable bonds is 1. The topological polar surface area (TPSA) is 4.93 Å². The zero-order chi connectivity index (χ0) is 9.26. The van der Waals surface area contributed by atoms with Crippen molar-refractivity contribution in [3.8, 4) is 0 Å². The third-order valence-electron chi connectivity index (χ3n) is 3.67. The van der Waals surface area contributed by atoms with Gasteiger partial charge in [0.2, 0.25) is 0 Å². The lowest BCUT2D eigenvalue weighted by atomic mass is 9.78. The summed E-state index contributed by atoms with van der Waals surface area (Å²) in [4.78, 5) is 0. The zero-order valence-corrected chi connectivity index (χ0v) is 8.61. The third-order valence-corrected chi connectivity index (χ3v) is 3.67. The van der Waals surface area contributed by atoms with Gasteiger partial charge in [0, 0.05) is 18.4 Å². The Morgan fingerprint density at radius 3 is 2.46 bits per heavy atom. The first-order valence-corrected chi connectivity index (χ1v) is 5.41. The van der Waals surface area contributed by atoms with E-state index in [-0.39, 0.29) is 0 Å². The minimum Gasteiger partial charge on any atom is -0.351 e. The molecule has 13 heavy (non-hydrogen) atoms. The Bertz CT molecular complexity index is 250. The molecule has 72 valence electrons. The molecule has 0 spiro atoms. The number of hydrogen-bond donors (Lipinski definition) is 0. The highest BCUT2D eigenvalue weighted by Crippen LogP contribution is 2.37. The van der Waals surface area contributed by atoms with Crippen molar-refractivity contribution >= 4 is 0 Å². The van der Waals surface area contributed by atoms with Gasteiger partial charge in [0.1, 0.15) is 0 Å². The SMILES string of the molecule is CC1CCCC(n2cccc2)C1C. The second-order valence-corrected chi connectivity index (χ2v) is 4.46. The normalized spacial score (nSPS) is 34.8. The molecule has 1 saturated carbocycles. The molecule has 1 aromatic heterocycles. The molecule has 1 aliphatic rings. The van der Waals surface area contributed by atoms with Crippen molar-refractivity contribution in [2.75, 3.05) is 0 Å². The van der Waals surface area contributed by atoms with Gasteiger partial charge < -0.3 is 4.57 Å². The molecule has 1 heterocycles. The molecule has 0 aromatic carbocycles. The van der Waals surface area contributed by atoms with E-state index < -0.39 is 0 Å². The fourth-order valence-electron chi connectivity index (χ4n) is 2.54. The van der Waals surface area contributed by atoms with E-state index in [0.717, 1.165) is 17.9 Å². The first-order valence-electron chi connectivity index (χ1n) is 5.41. The van der Waals surface area contributed by atoms with Gasteiger partial charge in [-0.3, -0.25) is 0 Å². The van der Waals surface area contributed by atoms with E-state index in [4.69, 9.17) is 0 Å². The smallest absolute Gasteiger partial charge is 0.0358 e. The maximum absolute atomic E-state index is 2.40. The molecule has 1 aromatic rings. The van der Waals surface area contributed by atoms with Crippen molar-refractivity contribution in [2.24, 2.45) is 11.8 Å². The van der Waals surface area contributed by atoms with Crippen molar-refractivity contribution in [3.05, 3.63) is 24.5 Å². The summed E-state index contributed by atoms with van der Waals surface area (Å²) in [7, 11) is 0. The van der Waals surface area contributed by atoms with Gasteiger partial charge in [0.25, 0.3) is 0 Å². The third kappa shape index (κ3) is 1.65. The average molecular weight is 177 g/mol. The van der Waals surface area contributed by atoms with Gasteiger partial charge in [-0.1, -0.05) is 26.7 Å². The summed E-state index contributed by atoms with van der Waals surface area (Å²) in [6.07, 6.45) is 8.59. The summed E-state index contributed by atoms with van der Waals surface area (Å²) in [6.45, 7) is 4.79. The number of aromatic nitrogens is 1. The van der Waals surface area contributed by atoms with E-state index in [0.29, 0.717) is 0 Å². The summed E-state index contributed by atoms with van der Waals surface area (Å²) >= 11 is 0. The van der Waals surface area contributed by atoms with Crippen LogP contribution in [0.3, 0.4) is 0 Å². The van der Waals surface area contributed by atoms with Gasteiger partial charge >= 0.3 is 0 Å². The zero-order valence-electron chi connectivity index (χ0n) is 8.61. The molecule has 0 aliphatic heterocycles. The first-order chi connectivity index (χ1) is 6.29. The lowest BCUT2D eigenvalue weighted by Crippen LogP contribution is -2.26. The van der Waals surface area contributed by atoms with Crippen LogP contribution in [0.25, 0.3) is 0 Å². The predicted octanol–water partition coefficient (Wildman–Crippen LogP) is 3.49. The summed E-state index contributed by atoms with van der Waals surface area (Å²) in [6, 6.07) is 5.01. The van der Waals surface area contributed by atoms with Crippen LogP contribution in [0.5, 0.6) is 0 Å². The van der Waals surface area contributed by atoms with E-state index >= 15 is 0 Å². The Hall–Kier alpha value is -0.720. The summed E-state index contributed by atoms with van der Waals surface area (Å²) in [5, 5.41) is 0. The largest absolute Gasteiger partial charge is 0.351 e. The van der Waals surface area contributed by atoms with E-state index in [1.165, 1.54) is 19.3 Å². The molecule has 0 radical (unpaired) electrons. The molecule has 3 atom stereocenters. The van der Waals surface area contributed by atoms with Crippen LogP contribution in [0.4, 0.5) is 0 Å². The van der Waals surface area contributed by atoms with E-state index in [1.807, 2.05) is 0 Å². The van der Waals surface area contributed by atoms with Crippen molar-refractivity contribution in [1.29, 1.82) is 0 Å². The summed E-state index contributed by atoms with van der Waals surface area (Å²) in [5.74, 6) is 1.72. The second kappa shape index (κ2) is 3.57. The van der Waals surface area contributed by atoms with Crippen LogP contribution in [0, 0.1) is 11.8 Å². The highest BCUT2D eigenvalue weighted by Gasteiger charge is 2.27. The van der Waals surface area contributed by atoms with E-state index in [2.05, 4.69) is 42.9 Å². The Kier molecular flexibility index (Phi) is 2.43. The summed E-state index contributed by atoms with van der Waals surface area (Å²) < 4.78 is 2.39. The molecule has 0 saturated heterocycles. The molecule has 1 aliphatic carbocycles. The van der Waals surface area contributed by atoms with Crippen LogP contribution in [-0.4, -0.2) is 4.57 Å². The minimum atomic E-state index is 0.749. The van der Waals surface area contributed by atoms with Crippen molar-refractivity contribution in [3.63, 3.8) is 0 Å². The number of hydrogen-bond acceptors (Lipinski definition) is 0. The lowest BCUT2D eigenvalue weighted by Gasteiger charge is -2.35. The minimum absolute atomic E-state index is 0.749. The lowest BCUT2D eigenvalue weighted by molar-refractivity contribution is 0.186. The molecule has 0 N–H and O–H groups in total. The van der Waals surface area contributed by atoms with Crippen LogP contribution in [0.15, 0.2) is 24.5 Å². The van der Waals surface area contributed by atoms with Crippen molar-refractivity contribution < 1.29 is 0 Å². The van der Waals surface area contributed by atoms with Gasteiger partial charge in [-0.25, -0.2) is 0 Å². The Morgan fingerprint density at radius 1 is 1.08 bits per heavy atom. The molecule has 0 amide bonds. The fraction of sp³-hybridized carbons (Fsp3) is 0.667. The quantitative estimate of drug-likeness (QED) is 0.619. The van der Waals surface area contributed by atoms with Gasteiger partial charge in [0.05, 0.1) is 0 Å². The molecule has 1 heteroatoms. The van der Waals surface area contributed by atoms with Gasteiger partial charge in [-0.2, -0.15) is 0 Å². The molecule has 0 bridgehead atoms. The predicted molar refractivity (Wildman–Crippen MR) is 55.6 cm³/mol. The molecular weight excluding hydrogens is 158 g/mol. The molecular formula is C12H19N. The van der Waals surface area contributed by atoms with Crippen LogP contribution >= 0.6 is 0 Å². The molecule has 2 rings (SSSR count). The Labute approximate surface area is 80.8 Å². The van der Waals surface area contributed by atoms with Crippen molar-refractivity contribution in [2.45, 2.75) is 39.2 Å². The highest BCUT2D eigenvalue weighted by atomic mass is 15.0. The Balaban J connectivity index is 2.14. The molecule has 1 nitrogen and oxygen atoms in total. The van der Waals surface area contributed by atoms with E-state index in [1.54, 1.807) is 0 Å². The Morgan fingerprint density at radius 2 is 1.77 bits per heavy atom. The highest BCUT2D eigenvalue weighted by molar-refractivity contribution is 4.95. The average Bonchev–Trinajstić information content (AvgIpc) is 2.62. The van der Waals surface area contributed by atoms with Crippen LogP contribution in [-0.2, 0) is 0 Å². The molecule has 1 fully saturated rings. The molecule has 3 unspecified atom stereocenters. The number of nitrogens with zero attached hydrogens (tertiary/aromatic N) is 1. The van der Waals surface area contributed by atoms with Crippen molar-refractivity contribution in [1.82, 2.24) is 4.57 Å². The first kappa shape index (κ1) is 8.86. The van der Waals surface area contributed by atoms with Gasteiger partial charge in [0.15, 0.2) is 0 Å². The van der Waals surface area contributed by atoms with Crippen LogP contribution < -0.4 is 0 Å². The maximum atomic E-state index is 2.40. The second-order valence-electron chi connectivity index (χ2n) is 4.46. The van der Waals surface area contributed by atoms with Gasteiger partial charge in [-0.05, 0) is 30.4 Å². The standard InChI is InChI=1S/C12H19N/c1-10-6-5-7-12(11(10)2)13-8-3-4-9-13/h3-4,8-12H,5-7H2,1-2H3. The monoisotopic (exact) mass is 177 g/mol.